The van der Waals surface area contributed by atoms with Gasteiger partial charge in [0, 0.05) is 29.9 Å². The number of aromatic amines is 1. The van der Waals surface area contributed by atoms with Crippen LogP contribution in [0.25, 0.3) is 10.9 Å². The van der Waals surface area contributed by atoms with Gasteiger partial charge >= 0.3 is 0 Å². The molecule has 1 unspecified atom stereocenters. The number of H-pyrrole nitrogens is 1. The fourth-order valence-electron chi connectivity index (χ4n) is 4.79. The third-order valence-corrected chi connectivity index (χ3v) is 7.29. The quantitative estimate of drug-likeness (QED) is 0.474. The van der Waals surface area contributed by atoms with Crippen molar-refractivity contribution in [1.82, 2.24) is 14.8 Å². The summed E-state index contributed by atoms with van der Waals surface area (Å²) in [4.78, 5) is 20.8. The van der Waals surface area contributed by atoms with E-state index in [1.54, 1.807) is 7.11 Å². The molecule has 4 rings (SSSR count). The van der Waals surface area contributed by atoms with E-state index in [1.165, 1.54) is 12.0 Å². The number of ether oxygens (including phenoxy) is 1. The number of pyridine rings is 1. The van der Waals surface area contributed by atoms with Gasteiger partial charge in [0.05, 0.1) is 19.2 Å². The molecule has 1 aliphatic rings. The molecule has 0 bridgehead atoms. The molecular formula is C27H34N4O2S. The van der Waals surface area contributed by atoms with Gasteiger partial charge in [-0.25, -0.2) is 0 Å². The molecule has 6 nitrogen and oxygen atoms in total. The van der Waals surface area contributed by atoms with Gasteiger partial charge in [-0.1, -0.05) is 25.1 Å². The molecule has 180 valence electrons. The van der Waals surface area contributed by atoms with Gasteiger partial charge in [-0.3, -0.25) is 9.69 Å². The molecule has 1 fully saturated rings. The zero-order valence-corrected chi connectivity index (χ0v) is 21.3. The van der Waals surface area contributed by atoms with E-state index in [4.69, 9.17) is 17.0 Å². The van der Waals surface area contributed by atoms with Gasteiger partial charge in [-0.2, -0.15) is 0 Å². The SMILES string of the molecule is CCN1CCCC1CN(Cc1cc2ccc(C)c(C)c2[nH]c1=O)C(=S)Nc1cccc(OC)c1. The highest BCUT2D eigenvalue weighted by atomic mass is 32.1. The van der Waals surface area contributed by atoms with E-state index in [9.17, 15) is 4.79 Å². The van der Waals surface area contributed by atoms with Crippen LogP contribution in [0.4, 0.5) is 5.69 Å². The lowest BCUT2D eigenvalue weighted by Crippen LogP contribution is -2.44. The van der Waals surface area contributed by atoms with Crippen LogP contribution >= 0.6 is 12.2 Å². The summed E-state index contributed by atoms with van der Waals surface area (Å²) in [5.74, 6) is 0.768. The van der Waals surface area contributed by atoms with Crippen LogP contribution in [-0.4, -0.2) is 52.7 Å². The predicted octanol–water partition coefficient (Wildman–Crippen LogP) is 4.84. The van der Waals surface area contributed by atoms with Gasteiger partial charge < -0.3 is 19.9 Å². The number of rotatable bonds is 7. The minimum absolute atomic E-state index is 0.0610. The molecule has 3 aromatic rings. The highest BCUT2D eigenvalue weighted by molar-refractivity contribution is 7.80. The zero-order valence-electron chi connectivity index (χ0n) is 20.5. The van der Waals surface area contributed by atoms with Crippen LogP contribution in [0.5, 0.6) is 5.75 Å². The van der Waals surface area contributed by atoms with E-state index in [1.807, 2.05) is 37.3 Å². The fourth-order valence-corrected chi connectivity index (χ4v) is 5.05. The van der Waals surface area contributed by atoms with Crippen LogP contribution in [0, 0.1) is 13.8 Å². The second-order valence-electron chi connectivity index (χ2n) is 9.06. The van der Waals surface area contributed by atoms with Gasteiger partial charge in [0.25, 0.3) is 5.56 Å². The third-order valence-electron chi connectivity index (χ3n) is 6.93. The molecule has 1 aromatic heterocycles. The maximum absolute atomic E-state index is 13.1. The van der Waals surface area contributed by atoms with Crippen LogP contribution in [0.15, 0.2) is 47.3 Å². The lowest BCUT2D eigenvalue weighted by molar-refractivity contribution is 0.221. The number of likely N-dealkylation sites (tertiary alicyclic amines) is 1. The molecule has 1 saturated heterocycles. The summed E-state index contributed by atoms with van der Waals surface area (Å²) in [7, 11) is 1.65. The Kier molecular flexibility index (Phi) is 7.54. The number of hydrogen-bond acceptors (Lipinski definition) is 4. The highest BCUT2D eigenvalue weighted by Gasteiger charge is 2.27. The van der Waals surface area contributed by atoms with Crippen molar-refractivity contribution in [2.24, 2.45) is 0 Å². The number of aromatic nitrogens is 1. The maximum Gasteiger partial charge on any atom is 0.253 e. The maximum atomic E-state index is 13.1. The molecule has 0 saturated carbocycles. The van der Waals surface area contributed by atoms with Gasteiger partial charge in [-0.05, 0) is 86.7 Å². The molecule has 0 amide bonds. The van der Waals surface area contributed by atoms with Gasteiger partial charge in [0.15, 0.2) is 5.11 Å². The molecule has 0 aliphatic carbocycles. The summed E-state index contributed by atoms with van der Waals surface area (Å²) in [6.45, 7) is 9.66. The first-order valence-electron chi connectivity index (χ1n) is 12.0. The van der Waals surface area contributed by atoms with Crippen molar-refractivity contribution in [1.29, 1.82) is 0 Å². The number of likely N-dealkylation sites (N-methyl/N-ethyl adjacent to an activating group) is 1. The Labute approximate surface area is 206 Å². The second-order valence-corrected chi connectivity index (χ2v) is 9.45. The monoisotopic (exact) mass is 478 g/mol. The summed E-state index contributed by atoms with van der Waals surface area (Å²) >= 11 is 5.87. The number of anilines is 1. The summed E-state index contributed by atoms with van der Waals surface area (Å²) in [6.07, 6.45) is 2.33. The average Bonchev–Trinajstić information content (AvgIpc) is 3.29. The Morgan fingerprint density at radius 3 is 2.85 bits per heavy atom. The second kappa shape index (κ2) is 10.6. The number of nitrogens with one attached hydrogen (secondary N) is 2. The van der Waals surface area contributed by atoms with Crippen molar-refractivity contribution < 1.29 is 4.74 Å². The van der Waals surface area contributed by atoms with Gasteiger partial charge in [0.2, 0.25) is 0 Å². The Morgan fingerprint density at radius 2 is 2.09 bits per heavy atom. The minimum atomic E-state index is -0.0610. The zero-order chi connectivity index (χ0) is 24.2. The molecule has 2 N–H and O–H groups in total. The average molecular weight is 479 g/mol. The Hall–Kier alpha value is -2.90. The van der Waals surface area contributed by atoms with Crippen molar-refractivity contribution in [2.45, 2.75) is 46.2 Å². The lowest BCUT2D eigenvalue weighted by Gasteiger charge is -2.32. The Bertz CT molecular complexity index is 1240. The third kappa shape index (κ3) is 5.26. The number of benzene rings is 2. The number of aryl methyl sites for hydroxylation is 2. The first-order valence-corrected chi connectivity index (χ1v) is 12.4. The van der Waals surface area contributed by atoms with Crippen molar-refractivity contribution in [3.8, 4) is 5.75 Å². The van der Waals surface area contributed by atoms with Crippen LogP contribution < -0.4 is 15.6 Å². The van der Waals surface area contributed by atoms with E-state index in [2.05, 4.69) is 46.1 Å². The molecule has 1 aliphatic heterocycles. The predicted molar refractivity (Wildman–Crippen MR) is 144 cm³/mol. The van der Waals surface area contributed by atoms with Crippen LogP contribution in [0.3, 0.4) is 0 Å². The molecular weight excluding hydrogens is 444 g/mol. The first kappa shape index (κ1) is 24.2. The summed E-state index contributed by atoms with van der Waals surface area (Å²) < 4.78 is 5.35. The first-order chi connectivity index (χ1) is 16.4. The Morgan fingerprint density at radius 1 is 1.26 bits per heavy atom. The number of thiocarbonyl (C=S) groups is 1. The number of nitrogens with zero attached hydrogens (tertiary/aromatic N) is 2. The van der Waals surface area contributed by atoms with Crippen molar-refractivity contribution >= 4 is 33.9 Å². The van der Waals surface area contributed by atoms with E-state index < -0.39 is 0 Å². The van der Waals surface area contributed by atoms with Crippen molar-refractivity contribution in [3.63, 3.8) is 0 Å². The highest BCUT2D eigenvalue weighted by Crippen LogP contribution is 2.23. The molecule has 34 heavy (non-hydrogen) atoms. The smallest absolute Gasteiger partial charge is 0.253 e. The Balaban J connectivity index is 1.63. The van der Waals surface area contributed by atoms with E-state index in [0.717, 1.165) is 54.0 Å². The number of fused-ring (bicyclic) bond motifs is 1. The van der Waals surface area contributed by atoms with Crippen LogP contribution in [0.1, 0.15) is 36.5 Å². The largest absolute Gasteiger partial charge is 0.497 e. The molecule has 0 radical (unpaired) electrons. The molecule has 2 aromatic carbocycles. The molecule has 7 heteroatoms. The normalized spacial score (nSPS) is 16.1. The summed E-state index contributed by atoms with van der Waals surface area (Å²) in [6, 6.07) is 14.3. The van der Waals surface area contributed by atoms with Crippen molar-refractivity contribution in [3.05, 3.63) is 69.5 Å². The number of hydrogen-bond donors (Lipinski definition) is 2. The standard InChI is InChI=1S/C27H34N4O2S/c1-5-30-13-7-9-23(30)17-31(27(34)28-22-8-6-10-24(15-22)33-4)16-21-14-20-12-11-18(2)19(3)25(20)29-26(21)32/h6,8,10-12,14-15,23H,5,7,9,13,16-17H2,1-4H3,(H,28,34)(H,29,32). The van der Waals surface area contributed by atoms with Crippen LogP contribution in [-0.2, 0) is 6.54 Å². The summed E-state index contributed by atoms with van der Waals surface area (Å²) in [5.41, 5.74) is 4.71. The van der Waals surface area contributed by atoms with Gasteiger partial charge in [-0.15, -0.1) is 0 Å². The molecule has 1 atom stereocenters. The fraction of sp³-hybridized carbons (Fsp3) is 0.407. The van der Waals surface area contributed by atoms with Crippen molar-refractivity contribution in [2.75, 3.05) is 32.1 Å². The van der Waals surface area contributed by atoms with E-state index in [0.29, 0.717) is 23.3 Å². The molecule has 2 heterocycles. The van der Waals surface area contributed by atoms with E-state index in [-0.39, 0.29) is 5.56 Å². The molecule has 0 spiro atoms. The summed E-state index contributed by atoms with van der Waals surface area (Å²) in [5, 5.41) is 5.01. The number of methoxy groups -OCH3 is 1. The minimum Gasteiger partial charge on any atom is -0.497 e. The van der Waals surface area contributed by atoms with Crippen LogP contribution in [0.2, 0.25) is 0 Å². The topological polar surface area (TPSA) is 60.6 Å². The van der Waals surface area contributed by atoms with Gasteiger partial charge in [0.1, 0.15) is 5.75 Å². The lowest BCUT2D eigenvalue weighted by atomic mass is 10.0. The van der Waals surface area contributed by atoms with E-state index >= 15 is 0 Å².